The normalized spacial score (nSPS) is 22.8. The topological polar surface area (TPSA) is 33.7 Å². The Labute approximate surface area is 128 Å². The minimum absolute atomic E-state index is 0.400. The summed E-state index contributed by atoms with van der Waals surface area (Å²) in [4.78, 5) is 2.43. The van der Waals surface area contributed by atoms with E-state index in [1.807, 2.05) is 12.1 Å². The molecule has 1 aromatic carbocycles. The first kappa shape index (κ1) is 16.1. The monoisotopic (exact) mass is 292 g/mol. The maximum Gasteiger partial charge on any atom is 0.127 e. The number of nitrogens with one attached hydrogen (secondary N) is 1. The predicted molar refractivity (Wildman–Crippen MR) is 86.2 cm³/mol. The quantitative estimate of drug-likeness (QED) is 0.874. The third-order valence-electron chi connectivity index (χ3n) is 4.32. The lowest BCUT2D eigenvalue weighted by molar-refractivity contribution is 0.260. The summed E-state index contributed by atoms with van der Waals surface area (Å²) in [6.07, 6.45) is 1.22. The first-order valence-corrected chi connectivity index (χ1v) is 7.72. The fourth-order valence-electron chi connectivity index (χ4n) is 3.18. The van der Waals surface area contributed by atoms with Crippen molar-refractivity contribution in [2.24, 2.45) is 5.92 Å². The molecule has 0 radical (unpaired) electrons. The minimum atomic E-state index is 0.400. The molecule has 1 aliphatic heterocycles. The molecule has 1 heterocycles. The standard InChI is InChI=1S/C17H28N2O2/c1-12(2)18-11-13-8-9-19(3)17(13)15-7-6-14(20-4)10-16(15)21-5/h6-7,10,12-13,17-18H,8-9,11H2,1-5H3. The van der Waals surface area contributed by atoms with Crippen molar-refractivity contribution < 1.29 is 9.47 Å². The fraction of sp³-hybridized carbons (Fsp3) is 0.647. The summed E-state index contributed by atoms with van der Waals surface area (Å²) in [6, 6.07) is 7.07. The largest absolute Gasteiger partial charge is 0.497 e. The van der Waals surface area contributed by atoms with Gasteiger partial charge in [-0.25, -0.2) is 0 Å². The maximum atomic E-state index is 5.60. The van der Waals surface area contributed by atoms with E-state index in [2.05, 4.69) is 37.2 Å². The van der Waals surface area contributed by atoms with Gasteiger partial charge in [0.2, 0.25) is 0 Å². The van der Waals surface area contributed by atoms with Crippen molar-refractivity contribution in [1.29, 1.82) is 0 Å². The first-order chi connectivity index (χ1) is 10.1. The van der Waals surface area contributed by atoms with Gasteiger partial charge in [-0.3, -0.25) is 4.90 Å². The molecular weight excluding hydrogens is 264 g/mol. The molecule has 1 N–H and O–H groups in total. The van der Waals surface area contributed by atoms with Gasteiger partial charge in [-0.15, -0.1) is 0 Å². The molecule has 0 aromatic heterocycles. The van der Waals surface area contributed by atoms with E-state index >= 15 is 0 Å². The number of rotatable bonds is 6. The molecule has 4 nitrogen and oxygen atoms in total. The van der Waals surface area contributed by atoms with Crippen LogP contribution >= 0.6 is 0 Å². The SMILES string of the molecule is COc1ccc(C2C(CNC(C)C)CCN2C)c(OC)c1. The number of nitrogens with zero attached hydrogens (tertiary/aromatic N) is 1. The van der Waals surface area contributed by atoms with Crippen LogP contribution < -0.4 is 14.8 Å². The summed E-state index contributed by atoms with van der Waals surface area (Å²) in [5.41, 5.74) is 1.26. The molecule has 1 aromatic rings. The van der Waals surface area contributed by atoms with Crippen LogP contribution in [0.25, 0.3) is 0 Å². The Morgan fingerprint density at radius 2 is 2.05 bits per heavy atom. The highest BCUT2D eigenvalue weighted by atomic mass is 16.5. The van der Waals surface area contributed by atoms with Crippen LogP contribution in [0.4, 0.5) is 0 Å². The lowest BCUT2D eigenvalue weighted by Crippen LogP contribution is -2.32. The maximum absolute atomic E-state index is 5.60. The number of methoxy groups -OCH3 is 2. The molecule has 1 aliphatic rings. The van der Waals surface area contributed by atoms with Crippen LogP contribution in [0.2, 0.25) is 0 Å². The number of benzene rings is 1. The van der Waals surface area contributed by atoms with Gasteiger partial charge in [-0.2, -0.15) is 0 Å². The van der Waals surface area contributed by atoms with Crippen LogP contribution in [0.1, 0.15) is 31.9 Å². The second-order valence-corrected chi connectivity index (χ2v) is 6.15. The summed E-state index contributed by atoms with van der Waals surface area (Å²) in [5.74, 6) is 2.37. The van der Waals surface area contributed by atoms with Crippen molar-refractivity contribution in [3.8, 4) is 11.5 Å². The van der Waals surface area contributed by atoms with Crippen LogP contribution in [-0.4, -0.2) is 45.3 Å². The Morgan fingerprint density at radius 1 is 1.29 bits per heavy atom. The smallest absolute Gasteiger partial charge is 0.127 e. The van der Waals surface area contributed by atoms with Crippen LogP contribution in [0.5, 0.6) is 11.5 Å². The molecule has 118 valence electrons. The molecule has 2 rings (SSSR count). The van der Waals surface area contributed by atoms with Crippen LogP contribution in [0.3, 0.4) is 0 Å². The Morgan fingerprint density at radius 3 is 2.67 bits per heavy atom. The highest BCUT2D eigenvalue weighted by Crippen LogP contribution is 2.41. The second kappa shape index (κ2) is 7.14. The van der Waals surface area contributed by atoms with Crippen LogP contribution in [0, 0.1) is 5.92 Å². The zero-order valence-electron chi connectivity index (χ0n) is 13.8. The molecule has 2 unspecified atom stereocenters. The molecule has 2 atom stereocenters. The number of hydrogen-bond acceptors (Lipinski definition) is 4. The summed E-state index contributed by atoms with van der Waals surface area (Å²) >= 11 is 0. The molecule has 0 saturated carbocycles. The summed E-state index contributed by atoms with van der Waals surface area (Å²) in [5, 5.41) is 3.58. The highest BCUT2D eigenvalue weighted by Gasteiger charge is 2.34. The van der Waals surface area contributed by atoms with E-state index in [1.54, 1.807) is 14.2 Å². The molecule has 0 aliphatic carbocycles. The second-order valence-electron chi connectivity index (χ2n) is 6.15. The van der Waals surface area contributed by atoms with E-state index < -0.39 is 0 Å². The minimum Gasteiger partial charge on any atom is -0.497 e. The molecule has 21 heavy (non-hydrogen) atoms. The third kappa shape index (κ3) is 3.69. The van der Waals surface area contributed by atoms with Gasteiger partial charge in [0, 0.05) is 30.3 Å². The van der Waals surface area contributed by atoms with Gasteiger partial charge in [0.15, 0.2) is 0 Å². The molecule has 0 spiro atoms. The lowest BCUT2D eigenvalue weighted by atomic mass is 9.92. The van der Waals surface area contributed by atoms with Gasteiger partial charge >= 0.3 is 0 Å². The predicted octanol–water partition coefficient (Wildman–Crippen LogP) is 2.69. The van der Waals surface area contributed by atoms with Crippen molar-refractivity contribution in [3.63, 3.8) is 0 Å². The lowest BCUT2D eigenvalue weighted by Gasteiger charge is -2.28. The number of likely N-dealkylation sites (tertiary alicyclic amines) is 1. The molecule has 1 saturated heterocycles. The van der Waals surface area contributed by atoms with Crippen molar-refractivity contribution in [3.05, 3.63) is 23.8 Å². The van der Waals surface area contributed by atoms with E-state index in [4.69, 9.17) is 9.47 Å². The van der Waals surface area contributed by atoms with E-state index in [0.29, 0.717) is 18.0 Å². The molecule has 4 heteroatoms. The van der Waals surface area contributed by atoms with Gasteiger partial charge in [-0.1, -0.05) is 19.9 Å². The van der Waals surface area contributed by atoms with E-state index in [1.165, 1.54) is 12.0 Å². The molecule has 0 amide bonds. The first-order valence-electron chi connectivity index (χ1n) is 7.72. The zero-order chi connectivity index (χ0) is 15.4. The Balaban J connectivity index is 2.24. The Hall–Kier alpha value is -1.26. The number of ether oxygens (including phenoxy) is 2. The van der Waals surface area contributed by atoms with Crippen molar-refractivity contribution in [1.82, 2.24) is 10.2 Å². The highest BCUT2D eigenvalue weighted by molar-refractivity contribution is 5.43. The van der Waals surface area contributed by atoms with E-state index in [9.17, 15) is 0 Å². The third-order valence-corrected chi connectivity index (χ3v) is 4.32. The van der Waals surface area contributed by atoms with E-state index in [-0.39, 0.29) is 0 Å². The van der Waals surface area contributed by atoms with Crippen molar-refractivity contribution >= 4 is 0 Å². The van der Waals surface area contributed by atoms with Crippen LogP contribution in [-0.2, 0) is 0 Å². The fourth-order valence-corrected chi connectivity index (χ4v) is 3.18. The number of hydrogen-bond donors (Lipinski definition) is 1. The summed E-state index contributed by atoms with van der Waals surface area (Å²) in [6.45, 7) is 6.56. The van der Waals surface area contributed by atoms with Gasteiger partial charge in [0.1, 0.15) is 11.5 Å². The van der Waals surface area contributed by atoms with Gasteiger partial charge in [0.25, 0.3) is 0 Å². The molecule has 0 bridgehead atoms. The average molecular weight is 292 g/mol. The Kier molecular flexibility index (Phi) is 5.48. The molecule has 1 fully saturated rings. The summed E-state index contributed by atoms with van der Waals surface area (Å²) < 4.78 is 10.9. The summed E-state index contributed by atoms with van der Waals surface area (Å²) in [7, 11) is 5.61. The molecular formula is C17H28N2O2. The van der Waals surface area contributed by atoms with Gasteiger partial charge < -0.3 is 14.8 Å². The van der Waals surface area contributed by atoms with Gasteiger partial charge in [-0.05, 0) is 32.0 Å². The van der Waals surface area contributed by atoms with Gasteiger partial charge in [0.05, 0.1) is 14.2 Å². The van der Waals surface area contributed by atoms with Crippen molar-refractivity contribution in [2.45, 2.75) is 32.4 Å². The average Bonchev–Trinajstić information content (AvgIpc) is 2.85. The Bertz CT molecular complexity index is 462. The van der Waals surface area contributed by atoms with Crippen molar-refractivity contribution in [2.75, 3.05) is 34.4 Å². The zero-order valence-corrected chi connectivity index (χ0v) is 13.8. The van der Waals surface area contributed by atoms with E-state index in [0.717, 1.165) is 24.6 Å². The van der Waals surface area contributed by atoms with Crippen LogP contribution in [0.15, 0.2) is 18.2 Å².